The van der Waals surface area contributed by atoms with Gasteiger partial charge in [0.15, 0.2) is 0 Å². The van der Waals surface area contributed by atoms with E-state index in [1.165, 1.54) is 91.4 Å². The molecule has 63 heavy (non-hydrogen) atoms. The van der Waals surface area contributed by atoms with Crippen LogP contribution in [0.2, 0.25) is 0 Å². The maximum atomic E-state index is 6.58. The number of para-hydroxylation sites is 1. The number of hydrogen-bond donors (Lipinski definition) is 0. The molecule has 0 amide bonds. The summed E-state index contributed by atoms with van der Waals surface area (Å²) in [5, 5.41) is 14.3. The Morgan fingerprint density at radius 3 is 1.62 bits per heavy atom. The molecule has 11 aromatic carbocycles. The van der Waals surface area contributed by atoms with Crippen molar-refractivity contribution >= 4 is 108 Å². The molecule has 0 unspecified atom stereocenters. The van der Waals surface area contributed by atoms with Crippen LogP contribution in [0.3, 0.4) is 0 Å². The van der Waals surface area contributed by atoms with Gasteiger partial charge >= 0.3 is 0 Å². The van der Waals surface area contributed by atoms with Gasteiger partial charge in [0.05, 0.1) is 0 Å². The highest BCUT2D eigenvalue weighted by Crippen LogP contribution is 2.48. The van der Waals surface area contributed by atoms with Crippen molar-refractivity contribution in [3.8, 4) is 44.5 Å². The fraction of sp³-hybridized carbons (Fsp3) is 0. The summed E-state index contributed by atoms with van der Waals surface area (Å²) in [5.41, 5.74) is 13.1. The third-order valence-corrected chi connectivity index (χ3v) is 14.4. The summed E-state index contributed by atoms with van der Waals surface area (Å²) in [4.78, 5) is 0. The lowest BCUT2D eigenvalue weighted by atomic mass is 9.84. The van der Waals surface area contributed by atoms with Gasteiger partial charge in [-0.05, 0) is 131 Å². The van der Waals surface area contributed by atoms with Gasteiger partial charge in [0, 0.05) is 41.7 Å². The summed E-state index contributed by atoms with van der Waals surface area (Å²) in [6.07, 6.45) is 0. The Hall–Kier alpha value is -7.98. The second kappa shape index (κ2) is 13.3. The maximum Gasteiger partial charge on any atom is 0.136 e. The molecule has 0 N–H and O–H groups in total. The molecular weight excluding hydrogens is 785 g/mol. The summed E-state index contributed by atoms with van der Waals surface area (Å²) >= 11 is 1.86. The molecule has 0 saturated heterocycles. The molecule has 0 saturated carbocycles. The maximum absolute atomic E-state index is 6.58. The Labute approximate surface area is 365 Å². The minimum atomic E-state index is 0.858. The molecule has 0 aliphatic rings. The molecule has 0 radical (unpaired) electrons. The summed E-state index contributed by atoms with van der Waals surface area (Å²) in [7, 11) is 0. The fourth-order valence-corrected chi connectivity index (χ4v) is 11.5. The number of rotatable bonds is 4. The molecule has 0 spiro atoms. The van der Waals surface area contributed by atoms with Gasteiger partial charge in [-0.15, -0.1) is 11.3 Å². The summed E-state index contributed by atoms with van der Waals surface area (Å²) in [5.74, 6) is 0. The van der Waals surface area contributed by atoms with E-state index in [-0.39, 0.29) is 0 Å². The molecule has 0 fully saturated rings. The molecule has 0 aliphatic heterocycles. The van der Waals surface area contributed by atoms with Crippen LogP contribution in [-0.4, -0.2) is 0 Å². The Morgan fingerprint density at radius 1 is 0.270 bits per heavy atom. The van der Waals surface area contributed by atoms with Crippen molar-refractivity contribution < 1.29 is 8.83 Å². The number of furan rings is 2. The quantitative estimate of drug-likeness (QED) is 0.165. The second-order valence-corrected chi connectivity index (χ2v) is 17.8. The smallest absolute Gasteiger partial charge is 0.136 e. The summed E-state index contributed by atoms with van der Waals surface area (Å²) < 4.78 is 15.6. The van der Waals surface area contributed by atoms with Crippen molar-refractivity contribution in [2.45, 2.75) is 0 Å². The number of fused-ring (bicyclic) bond motifs is 13. The Morgan fingerprint density at radius 2 is 0.794 bits per heavy atom. The molecular formula is C60H34O2S. The van der Waals surface area contributed by atoms with E-state index < -0.39 is 0 Å². The van der Waals surface area contributed by atoms with Gasteiger partial charge in [-0.1, -0.05) is 152 Å². The molecule has 2 nitrogen and oxygen atoms in total. The van der Waals surface area contributed by atoms with E-state index in [1.807, 2.05) is 35.6 Å². The van der Waals surface area contributed by atoms with Gasteiger partial charge < -0.3 is 8.83 Å². The standard InChI is InChI=1S/C60H34O2S/c1-2-12-41-36(10-1)11-9-17-42(41)39-24-27-46-49(33-39)58(40-25-28-52-50(34-40)60-54(62-52)30-29-53-59(60)47-16-5-7-18-51(47)61-53)45-15-4-3-14-44(45)57(46)37-22-20-35(21-23-37)38-26-31-56-48(32-38)43-13-6-8-19-55(43)63-56/h1-34H. The van der Waals surface area contributed by atoms with E-state index in [2.05, 4.69) is 182 Å². The Kier molecular flexibility index (Phi) is 7.30. The van der Waals surface area contributed by atoms with Crippen LogP contribution in [0.1, 0.15) is 0 Å². The lowest BCUT2D eigenvalue weighted by Crippen LogP contribution is -1.92. The molecule has 0 bridgehead atoms. The van der Waals surface area contributed by atoms with Gasteiger partial charge in [0.25, 0.3) is 0 Å². The Balaban J connectivity index is 1.02. The van der Waals surface area contributed by atoms with Crippen LogP contribution >= 0.6 is 11.3 Å². The fourth-order valence-electron chi connectivity index (χ4n) is 10.4. The minimum Gasteiger partial charge on any atom is -0.456 e. The normalized spacial score (nSPS) is 12.1. The monoisotopic (exact) mass is 818 g/mol. The second-order valence-electron chi connectivity index (χ2n) is 16.7. The highest BCUT2D eigenvalue weighted by atomic mass is 32.1. The number of hydrogen-bond acceptors (Lipinski definition) is 3. The van der Waals surface area contributed by atoms with Gasteiger partial charge in [0.1, 0.15) is 22.3 Å². The zero-order chi connectivity index (χ0) is 41.2. The highest BCUT2D eigenvalue weighted by Gasteiger charge is 2.21. The zero-order valence-corrected chi connectivity index (χ0v) is 34.7. The average molecular weight is 819 g/mol. The van der Waals surface area contributed by atoms with Crippen LogP contribution in [0, 0.1) is 0 Å². The molecule has 14 aromatic rings. The first-order valence-electron chi connectivity index (χ1n) is 21.5. The minimum absolute atomic E-state index is 0.858. The topological polar surface area (TPSA) is 26.3 Å². The van der Waals surface area contributed by atoms with E-state index in [9.17, 15) is 0 Å². The predicted octanol–water partition coefficient (Wildman–Crippen LogP) is 18.0. The van der Waals surface area contributed by atoms with Gasteiger partial charge in [-0.3, -0.25) is 0 Å². The van der Waals surface area contributed by atoms with E-state index in [4.69, 9.17) is 8.83 Å². The van der Waals surface area contributed by atoms with Crippen molar-refractivity contribution in [1.29, 1.82) is 0 Å². The van der Waals surface area contributed by atoms with Crippen molar-refractivity contribution in [1.82, 2.24) is 0 Å². The SMILES string of the molecule is c1ccc2c(-c3ccc4c(-c5ccc(-c6ccc7sc8ccccc8c7c6)cc5)c5ccccc5c(-c5ccc6oc7ccc8oc9ccccc9c8c7c6c5)c4c3)cccc2c1. The highest BCUT2D eigenvalue weighted by molar-refractivity contribution is 7.25. The molecule has 14 rings (SSSR count). The van der Waals surface area contributed by atoms with E-state index in [1.54, 1.807) is 0 Å². The molecule has 292 valence electrons. The van der Waals surface area contributed by atoms with Gasteiger partial charge in [0.2, 0.25) is 0 Å². The van der Waals surface area contributed by atoms with Crippen LogP contribution < -0.4 is 0 Å². The third kappa shape index (κ3) is 5.18. The van der Waals surface area contributed by atoms with Gasteiger partial charge in [-0.2, -0.15) is 0 Å². The first-order valence-corrected chi connectivity index (χ1v) is 22.3. The average Bonchev–Trinajstić information content (AvgIpc) is 4.03. The van der Waals surface area contributed by atoms with Crippen molar-refractivity contribution in [3.63, 3.8) is 0 Å². The van der Waals surface area contributed by atoms with Gasteiger partial charge in [-0.25, -0.2) is 0 Å². The lowest BCUT2D eigenvalue weighted by Gasteiger charge is -2.19. The van der Waals surface area contributed by atoms with E-state index in [0.717, 1.165) is 49.4 Å². The van der Waals surface area contributed by atoms with E-state index in [0.29, 0.717) is 0 Å². The van der Waals surface area contributed by atoms with Crippen LogP contribution in [0.15, 0.2) is 215 Å². The predicted molar refractivity (Wildman–Crippen MR) is 268 cm³/mol. The lowest BCUT2D eigenvalue weighted by molar-refractivity contribution is 0.663. The first-order chi connectivity index (χ1) is 31.2. The molecule has 3 heterocycles. The summed E-state index contributed by atoms with van der Waals surface area (Å²) in [6.45, 7) is 0. The van der Waals surface area contributed by atoms with Crippen molar-refractivity contribution in [2.24, 2.45) is 0 Å². The Bertz CT molecular complexity index is 4190. The number of benzene rings is 11. The number of thiophene rings is 1. The van der Waals surface area contributed by atoms with Crippen LogP contribution in [0.4, 0.5) is 0 Å². The van der Waals surface area contributed by atoms with Crippen LogP contribution in [0.25, 0.3) is 141 Å². The summed E-state index contributed by atoms with van der Waals surface area (Å²) in [6, 6.07) is 75.3. The molecule has 0 aliphatic carbocycles. The van der Waals surface area contributed by atoms with Crippen molar-refractivity contribution in [2.75, 3.05) is 0 Å². The molecule has 3 heteroatoms. The van der Waals surface area contributed by atoms with Crippen LogP contribution in [0.5, 0.6) is 0 Å². The zero-order valence-electron chi connectivity index (χ0n) is 33.9. The van der Waals surface area contributed by atoms with Crippen molar-refractivity contribution in [3.05, 3.63) is 206 Å². The largest absolute Gasteiger partial charge is 0.456 e. The molecule has 0 atom stereocenters. The first kappa shape index (κ1) is 34.7. The van der Waals surface area contributed by atoms with E-state index >= 15 is 0 Å². The third-order valence-electron chi connectivity index (χ3n) is 13.3. The molecule has 3 aromatic heterocycles. The van der Waals surface area contributed by atoms with Crippen LogP contribution in [-0.2, 0) is 0 Å².